The van der Waals surface area contributed by atoms with Gasteiger partial charge < -0.3 is 10.1 Å². The van der Waals surface area contributed by atoms with E-state index in [1.54, 1.807) is 6.07 Å². The Morgan fingerprint density at radius 1 is 1.36 bits per heavy atom. The van der Waals surface area contributed by atoms with E-state index in [4.69, 9.17) is 4.74 Å². The molecule has 22 heavy (non-hydrogen) atoms. The van der Waals surface area contributed by atoms with Gasteiger partial charge in [-0.15, -0.1) is 0 Å². The second kappa shape index (κ2) is 7.02. The first kappa shape index (κ1) is 15.9. The highest BCUT2D eigenvalue weighted by Crippen LogP contribution is 2.23. The smallest absolute Gasteiger partial charge is 0.274 e. The molecular weight excluding hydrogens is 280 g/mol. The summed E-state index contributed by atoms with van der Waals surface area (Å²) in [5.74, 6) is 0.222. The van der Waals surface area contributed by atoms with Crippen molar-refractivity contribution in [3.05, 3.63) is 36.0 Å². The number of aromatic nitrogens is 1. The number of nitrogens with zero attached hydrogens (tertiary/aromatic N) is 1. The van der Waals surface area contributed by atoms with Crippen LogP contribution in [0.4, 0.5) is 0 Å². The predicted octanol–water partition coefficient (Wildman–Crippen LogP) is 2.50. The van der Waals surface area contributed by atoms with E-state index in [2.05, 4.69) is 10.3 Å². The number of carbonyl (C=O) groups is 1. The third-order valence-electron chi connectivity index (χ3n) is 3.28. The molecule has 1 aromatic heterocycles. The van der Waals surface area contributed by atoms with Crippen LogP contribution in [0.3, 0.4) is 0 Å². The topological polar surface area (TPSA) is 68.3 Å². The summed E-state index contributed by atoms with van der Waals surface area (Å²) in [7, 11) is 1.49. The van der Waals surface area contributed by atoms with E-state index in [0.29, 0.717) is 17.7 Å². The second-order valence-electron chi connectivity index (χ2n) is 5.51. The Kier molecular flexibility index (Phi) is 5.09. The van der Waals surface area contributed by atoms with Crippen LogP contribution >= 0.6 is 0 Å². The average Bonchev–Trinajstić information content (AvgIpc) is 2.52. The van der Waals surface area contributed by atoms with Crippen molar-refractivity contribution in [2.45, 2.75) is 26.3 Å². The Balaban J connectivity index is 2.31. The molecule has 2 aromatic rings. The van der Waals surface area contributed by atoms with Gasteiger partial charge in [0.1, 0.15) is 0 Å². The van der Waals surface area contributed by atoms with Crippen molar-refractivity contribution >= 4 is 23.1 Å². The maximum atomic E-state index is 12.4. The van der Waals surface area contributed by atoms with E-state index in [1.165, 1.54) is 7.11 Å². The van der Waals surface area contributed by atoms with Gasteiger partial charge in [0, 0.05) is 5.39 Å². The van der Waals surface area contributed by atoms with Gasteiger partial charge in [-0.1, -0.05) is 32.0 Å². The van der Waals surface area contributed by atoms with E-state index < -0.39 is 11.9 Å². The Morgan fingerprint density at radius 2 is 2.09 bits per heavy atom. The third kappa shape index (κ3) is 3.61. The molecule has 0 fully saturated rings. The summed E-state index contributed by atoms with van der Waals surface area (Å²) in [6.45, 7) is 3.96. The van der Waals surface area contributed by atoms with E-state index in [0.717, 1.165) is 5.39 Å². The van der Waals surface area contributed by atoms with Crippen molar-refractivity contribution in [2.24, 2.45) is 5.92 Å². The molecule has 115 valence electrons. The molecule has 0 saturated carbocycles. The van der Waals surface area contributed by atoms with Crippen molar-refractivity contribution in [3.63, 3.8) is 0 Å². The molecule has 2 rings (SSSR count). The summed E-state index contributed by atoms with van der Waals surface area (Å²) in [4.78, 5) is 27.7. The molecule has 0 bridgehead atoms. The van der Waals surface area contributed by atoms with Crippen LogP contribution in [0.2, 0.25) is 0 Å². The van der Waals surface area contributed by atoms with Crippen LogP contribution in [0.5, 0.6) is 5.75 Å². The quantitative estimate of drug-likeness (QED) is 0.890. The zero-order chi connectivity index (χ0) is 16.1. The standard InChI is InChI=1S/C17H19N2O3/c1-11(2)8-13(10-20)18-17(21)16-15(22-3)9-12-6-4-5-7-14(12)19-16/h4-7,9,11,13H,8H2,1-3H3,(H,18,21)/t13-/m0/s1. The maximum absolute atomic E-state index is 12.4. The number of carbonyl (C=O) groups excluding carboxylic acids is 2. The number of hydrogen-bond acceptors (Lipinski definition) is 4. The molecule has 1 radical (unpaired) electrons. The van der Waals surface area contributed by atoms with Gasteiger partial charge in [-0.25, -0.2) is 4.98 Å². The van der Waals surface area contributed by atoms with E-state index in [9.17, 15) is 9.59 Å². The monoisotopic (exact) mass is 299 g/mol. The fourth-order valence-corrected chi connectivity index (χ4v) is 2.25. The number of hydrogen-bond donors (Lipinski definition) is 1. The number of para-hydroxylation sites is 1. The van der Waals surface area contributed by atoms with E-state index >= 15 is 0 Å². The predicted molar refractivity (Wildman–Crippen MR) is 84.7 cm³/mol. The zero-order valence-corrected chi connectivity index (χ0v) is 12.9. The minimum atomic E-state index is -0.648. The Labute approximate surface area is 129 Å². The van der Waals surface area contributed by atoms with Gasteiger partial charge in [0.05, 0.1) is 18.7 Å². The van der Waals surface area contributed by atoms with Crippen LogP contribution in [-0.2, 0) is 4.79 Å². The molecule has 0 saturated heterocycles. The Bertz CT molecular complexity index is 683. The third-order valence-corrected chi connectivity index (χ3v) is 3.28. The molecule has 0 aliphatic carbocycles. The highest BCUT2D eigenvalue weighted by atomic mass is 16.5. The van der Waals surface area contributed by atoms with E-state index in [-0.39, 0.29) is 11.6 Å². The van der Waals surface area contributed by atoms with Gasteiger partial charge in [0.15, 0.2) is 11.4 Å². The summed E-state index contributed by atoms with van der Waals surface area (Å²) < 4.78 is 5.25. The lowest BCUT2D eigenvalue weighted by Gasteiger charge is -2.15. The summed E-state index contributed by atoms with van der Waals surface area (Å²) in [5.41, 5.74) is 0.870. The van der Waals surface area contributed by atoms with Crippen molar-refractivity contribution in [3.8, 4) is 5.75 Å². The number of pyridine rings is 1. The molecule has 0 aliphatic heterocycles. The summed E-state index contributed by atoms with van der Waals surface area (Å²) in [5, 5.41) is 3.53. The van der Waals surface area contributed by atoms with Gasteiger partial charge in [0.25, 0.3) is 5.91 Å². The number of amides is 1. The van der Waals surface area contributed by atoms with Crippen molar-refractivity contribution < 1.29 is 14.3 Å². The number of nitrogens with one attached hydrogen (secondary N) is 1. The first-order valence-electron chi connectivity index (χ1n) is 7.17. The fraction of sp³-hybridized carbons (Fsp3) is 0.353. The number of ether oxygens (including phenoxy) is 1. The van der Waals surface area contributed by atoms with Crippen LogP contribution in [0, 0.1) is 5.92 Å². The lowest BCUT2D eigenvalue weighted by molar-refractivity contribution is 0.0935. The van der Waals surface area contributed by atoms with Crippen molar-refractivity contribution in [1.29, 1.82) is 0 Å². The van der Waals surface area contributed by atoms with Crippen LogP contribution in [0.25, 0.3) is 10.9 Å². The summed E-state index contributed by atoms with van der Waals surface area (Å²) in [6, 6.07) is 8.58. The first-order chi connectivity index (χ1) is 10.5. The molecule has 1 atom stereocenters. The summed E-state index contributed by atoms with van der Waals surface area (Å²) in [6.07, 6.45) is 2.39. The molecule has 5 heteroatoms. The fourth-order valence-electron chi connectivity index (χ4n) is 2.25. The Morgan fingerprint density at radius 3 is 2.73 bits per heavy atom. The molecule has 1 amide bonds. The molecule has 0 aliphatic rings. The van der Waals surface area contributed by atoms with Crippen molar-refractivity contribution in [2.75, 3.05) is 7.11 Å². The molecule has 0 unspecified atom stereocenters. The number of rotatable bonds is 6. The van der Waals surface area contributed by atoms with E-state index in [1.807, 2.05) is 44.4 Å². The minimum Gasteiger partial charge on any atom is -0.494 e. The van der Waals surface area contributed by atoms with Crippen LogP contribution < -0.4 is 10.1 Å². The molecule has 5 nitrogen and oxygen atoms in total. The molecule has 1 aromatic carbocycles. The Hall–Kier alpha value is -2.43. The minimum absolute atomic E-state index is 0.171. The maximum Gasteiger partial charge on any atom is 0.274 e. The normalized spacial score (nSPS) is 12.2. The largest absolute Gasteiger partial charge is 0.494 e. The van der Waals surface area contributed by atoms with Gasteiger partial charge in [-0.3, -0.25) is 9.59 Å². The van der Waals surface area contributed by atoms with Crippen LogP contribution in [0.1, 0.15) is 30.8 Å². The highest BCUT2D eigenvalue weighted by molar-refractivity contribution is 5.99. The lowest BCUT2D eigenvalue weighted by atomic mass is 10.0. The molecule has 0 spiro atoms. The van der Waals surface area contributed by atoms with Crippen molar-refractivity contribution in [1.82, 2.24) is 10.3 Å². The number of fused-ring (bicyclic) bond motifs is 1. The molecule has 1 heterocycles. The van der Waals surface area contributed by atoms with Crippen LogP contribution in [-0.4, -0.2) is 30.3 Å². The lowest BCUT2D eigenvalue weighted by Crippen LogP contribution is -2.37. The van der Waals surface area contributed by atoms with Gasteiger partial charge in [-0.2, -0.15) is 0 Å². The SMILES string of the molecule is COc1cc2ccccc2nc1C(=O)N[C@H]([C]=O)CC(C)C. The number of methoxy groups -OCH3 is 1. The molecular formula is C17H19N2O3. The first-order valence-corrected chi connectivity index (χ1v) is 7.17. The highest BCUT2D eigenvalue weighted by Gasteiger charge is 2.20. The summed E-state index contributed by atoms with van der Waals surface area (Å²) >= 11 is 0. The number of benzene rings is 1. The van der Waals surface area contributed by atoms with Gasteiger partial charge in [-0.05, 0) is 24.5 Å². The average molecular weight is 299 g/mol. The second-order valence-corrected chi connectivity index (χ2v) is 5.51. The van der Waals surface area contributed by atoms with Crippen LogP contribution in [0.15, 0.2) is 30.3 Å². The zero-order valence-electron chi connectivity index (χ0n) is 12.9. The molecule has 1 N–H and O–H groups in total. The van der Waals surface area contributed by atoms with Gasteiger partial charge >= 0.3 is 0 Å². The van der Waals surface area contributed by atoms with Gasteiger partial charge in [0.2, 0.25) is 6.29 Å².